The summed E-state index contributed by atoms with van der Waals surface area (Å²) in [5.74, 6) is -0.446. The minimum atomic E-state index is -0.873. The first kappa shape index (κ1) is 12.4. The van der Waals surface area contributed by atoms with Crippen LogP contribution in [-0.4, -0.2) is 7.11 Å². The third kappa shape index (κ3) is 2.97. The molecule has 2 aromatic carbocycles. The molecular weight excluding hydrogens is 238 g/mol. The summed E-state index contributed by atoms with van der Waals surface area (Å²) in [5.41, 5.74) is 0.566. The van der Waals surface area contributed by atoms with E-state index >= 15 is 0 Å². The van der Waals surface area contributed by atoms with Crippen molar-refractivity contribution in [1.82, 2.24) is 0 Å². The molecule has 4 heteroatoms. The van der Waals surface area contributed by atoms with Crippen LogP contribution >= 0.6 is 0 Å². The van der Waals surface area contributed by atoms with Crippen LogP contribution in [0, 0.1) is 11.6 Å². The highest BCUT2D eigenvalue weighted by Crippen LogP contribution is 2.20. The molecule has 94 valence electrons. The van der Waals surface area contributed by atoms with Crippen molar-refractivity contribution in [3.63, 3.8) is 0 Å². The molecule has 0 bridgehead atoms. The van der Waals surface area contributed by atoms with Gasteiger partial charge in [0.25, 0.3) is 0 Å². The van der Waals surface area contributed by atoms with E-state index in [1.165, 1.54) is 6.07 Å². The molecule has 0 aromatic heterocycles. The van der Waals surface area contributed by atoms with Crippen molar-refractivity contribution in [2.75, 3.05) is 7.11 Å². The molecule has 0 spiro atoms. The van der Waals surface area contributed by atoms with Crippen LogP contribution in [0.1, 0.15) is 5.56 Å². The number of rotatable bonds is 4. The maximum atomic E-state index is 13.0. The van der Waals surface area contributed by atoms with Crippen LogP contribution in [0.5, 0.6) is 11.5 Å². The smallest absolute Gasteiger partial charge is 0.159 e. The standard InChI is InChI=1S/C14H12F2O2/c1-17-11-3-2-4-12(8-11)18-9-10-5-6-13(15)14(16)7-10/h2-8H,9H2,1H3. The zero-order chi connectivity index (χ0) is 13.0. The van der Waals surface area contributed by atoms with Gasteiger partial charge in [-0.05, 0) is 29.8 Å². The van der Waals surface area contributed by atoms with E-state index in [-0.39, 0.29) is 6.61 Å². The predicted molar refractivity (Wildman–Crippen MR) is 63.7 cm³/mol. The van der Waals surface area contributed by atoms with Crippen LogP contribution in [0.15, 0.2) is 42.5 Å². The van der Waals surface area contributed by atoms with Gasteiger partial charge in [0.2, 0.25) is 0 Å². The second kappa shape index (κ2) is 5.49. The van der Waals surface area contributed by atoms with Crippen LogP contribution in [0.4, 0.5) is 8.78 Å². The van der Waals surface area contributed by atoms with Gasteiger partial charge < -0.3 is 9.47 Å². The highest BCUT2D eigenvalue weighted by Gasteiger charge is 2.03. The molecule has 0 heterocycles. The summed E-state index contributed by atoms with van der Waals surface area (Å²) < 4.78 is 36.2. The van der Waals surface area contributed by atoms with E-state index in [1.54, 1.807) is 31.4 Å². The Balaban J connectivity index is 2.04. The molecule has 0 N–H and O–H groups in total. The average Bonchev–Trinajstić information content (AvgIpc) is 2.40. The molecule has 0 atom stereocenters. The van der Waals surface area contributed by atoms with Crippen molar-refractivity contribution in [1.29, 1.82) is 0 Å². The van der Waals surface area contributed by atoms with Crippen LogP contribution in [0.25, 0.3) is 0 Å². The molecule has 0 amide bonds. The fourth-order valence-electron chi connectivity index (χ4n) is 1.49. The number of hydrogen-bond donors (Lipinski definition) is 0. The van der Waals surface area contributed by atoms with Gasteiger partial charge in [0.1, 0.15) is 18.1 Å². The number of benzene rings is 2. The zero-order valence-corrected chi connectivity index (χ0v) is 9.82. The molecule has 0 fully saturated rings. The van der Waals surface area contributed by atoms with Crippen molar-refractivity contribution in [3.05, 3.63) is 59.7 Å². The summed E-state index contributed by atoms with van der Waals surface area (Å²) in [6.07, 6.45) is 0. The van der Waals surface area contributed by atoms with E-state index < -0.39 is 11.6 Å². The van der Waals surface area contributed by atoms with Crippen molar-refractivity contribution in [3.8, 4) is 11.5 Å². The monoisotopic (exact) mass is 250 g/mol. The molecule has 0 radical (unpaired) electrons. The van der Waals surface area contributed by atoms with Gasteiger partial charge in [-0.15, -0.1) is 0 Å². The maximum Gasteiger partial charge on any atom is 0.159 e. The van der Waals surface area contributed by atoms with Crippen molar-refractivity contribution in [2.45, 2.75) is 6.61 Å². The number of halogens is 2. The molecule has 2 rings (SSSR count). The third-order valence-corrected chi connectivity index (χ3v) is 2.43. The summed E-state index contributed by atoms with van der Waals surface area (Å²) in [6, 6.07) is 10.8. The zero-order valence-electron chi connectivity index (χ0n) is 9.82. The van der Waals surface area contributed by atoms with E-state index in [4.69, 9.17) is 9.47 Å². The first-order chi connectivity index (χ1) is 8.69. The summed E-state index contributed by atoms with van der Waals surface area (Å²) in [5, 5.41) is 0. The van der Waals surface area contributed by atoms with Gasteiger partial charge in [-0.3, -0.25) is 0 Å². The Morgan fingerprint density at radius 1 is 0.944 bits per heavy atom. The second-order valence-electron chi connectivity index (χ2n) is 3.72. The van der Waals surface area contributed by atoms with Gasteiger partial charge in [-0.1, -0.05) is 12.1 Å². The van der Waals surface area contributed by atoms with Gasteiger partial charge in [-0.2, -0.15) is 0 Å². The van der Waals surface area contributed by atoms with Crippen LogP contribution in [0.3, 0.4) is 0 Å². The summed E-state index contributed by atoms with van der Waals surface area (Å²) in [6.45, 7) is 0.171. The van der Waals surface area contributed by atoms with Gasteiger partial charge in [0.15, 0.2) is 11.6 Å². The summed E-state index contributed by atoms with van der Waals surface area (Å²) in [7, 11) is 1.56. The Hall–Kier alpha value is -2.10. The highest BCUT2D eigenvalue weighted by atomic mass is 19.2. The van der Waals surface area contributed by atoms with Gasteiger partial charge in [0, 0.05) is 6.07 Å². The largest absolute Gasteiger partial charge is 0.497 e. The summed E-state index contributed by atoms with van der Waals surface area (Å²) in [4.78, 5) is 0. The third-order valence-electron chi connectivity index (χ3n) is 2.43. The molecule has 0 aliphatic heterocycles. The van der Waals surface area contributed by atoms with Crippen LogP contribution < -0.4 is 9.47 Å². The highest BCUT2D eigenvalue weighted by molar-refractivity contribution is 5.33. The van der Waals surface area contributed by atoms with E-state index in [0.717, 1.165) is 12.1 Å². The normalized spacial score (nSPS) is 10.2. The molecule has 0 aliphatic rings. The van der Waals surface area contributed by atoms with Crippen molar-refractivity contribution >= 4 is 0 Å². The number of methoxy groups -OCH3 is 1. The first-order valence-electron chi connectivity index (χ1n) is 5.40. The SMILES string of the molecule is COc1cccc(OCc2ccc(F)c(F)c2)c1. The number of ether oxygens (including phenoxy) is 2. The van der Waals surface area contributed by atoms with Crippen LogP contribution in [-0.2, 0) is 6.61 Å². The maximum absolute atomic E-state index is 13.0. The summed E-state index contributed by atoms with van der Waals surface area (Å²) >= 11 is 0. The topological polar surface area (TPSA) is 18.5 Å². The number of hydrogen-bond acceptors (Lipinski definition) is 2. The fraction of sp³-hybridized carbons (Fsp3) is 0.143. The lowest BCUT2D eigenvalue weighted by atomic mass is 10.2. The lowest BCUT2D eigenvalue weighted by Crippen LogP contribution is -1.97. The first-order valence-corrected chi connectivity index (χ1v) is 5.40. The van der Waals surface area contributed by atoms with E-state index in [9.17, 15) is 8.78 Å². The van der Waals surface area contributed by atoms with E-state index in [1.807, 2.05) is 0 Å². The Morgan fingerprint density at radius 2 is 1.72 bits per heavy atom. The lowest BCUT2D eigenvalue weighted by molar-refractivity contribution is 0.302. The average molecular weight is 250 g/mol. The predicted octanol–water partition coefficient (Wildman–Crippen LogP) is 3.55. The molecule has 18 heavy (non-hydrogen) atoms. The minimum absolute atomic E-state index is 0.171. The molecule has 2 nitrogen and oxygen atoms in total. The van der Waals surface area contributed by atoms with Crippen molar-refractivity contribution in [2.24, 2.45) is 0 Å². The van der Waals surface area contributed by atoms with Crippen LogP contribution in [0.2, 0.25) is 0 Å². The molecule has 0 saturated carbocycles. The molecule has 2 aromatic rings. The van der Waals surface area contributed by atoms with Gasteiger partial charge >= 0.3 is 0 Å². The van der Waals surface area contributed by atoms with Gasteiger partial charge in [0.05, 0.1) is 7.11 Å². The molecule has 0 aliphatic carbocycles. The quantitative estimate of drug-likeness (QED) is 0.826. The Morgan fingerprint density at radius 3 is 2.44 bits per heavy atom. The Kier molecular flexibility index (Phi) is 3.77. The molecule has 0 unspecified atom stereocenters. The Bertz CT molecular complexity index is 541. The molecule has 0 saturated heterocycles. The minimum Gasteiger partial charge on any atom is -0.497 e. The Labute approximate surface area is 104 Å². The second-order valence-corrected chi connectivity index (χ2v) is 3.72. The van der Waals surface area contributed by atoms with E-state index in [0.29, 0.717) is 17.1 Å². The van der Waals surface area contributed by atoms with E-state index in [2.05, 4.69) is 0 Å². The fourth-order valence-corrected chi connectivity index (χ4v) is 1.49. The lowest BCUT2D eigenvalue weighted by Gasteiger charge is -2.08. The molecular formula is C14H12F2O2. The van der Waals surface area contributed by atoms with Gasteiger partial charge in [-0.25, -0.2) is 8.78 Å². The van der Waals surface area contributed by atoms with Crippen molar-refractivity contribution < 1.29 is 18.3 Å².